The van der Waals surface area contributed by atoms with Crippen LogP contribution in [0.2, 0.25) is 0 Å². The Morgan fingerprint density at radius 3 is 2.64 bits per heavy atom. The molecule has 7 heteroatoms. The Balaban J connectivity index is 2.04. The Bertz CT molecular complexity index is 770. The molecule has 0 spiro atoms. The molecule has 2 N–H and O–H groups in total. The zero-order chi connectivity index (χ0) is 15.9. The molecule has 1 aromatic carbocycles. The maximum Gasteiger partial charge on any atom is 0.446 e. The normalized spacial score (nSPS) is 17.5. The molecule has 0 radical (unpaired) electrons. The standard InChI is InChI=1S/C15H12F3NO2S/c16-15(17,18)22-9-3-1-8-2-5-12-10(4-6-13(20)19-12)14(21)11(8)7-9/h1,3-4,6-7,14,21H,2,5H2,(H,19,20). The SMILES string of the molecule is O=c1ccc2c([nH]1)CCc1ccc(SC(F)(F)F)cc1C2O. The van der Waals surface area contributed by atoms with E-state index in [4.69, 9.17) is 0 Å². The van der Waals surface area contributed by atoms with Gasteiger partial charge >= 0.3 is 5.51 Å². The number of fused-ring (bicyclic) bond motifs is 2. The van der Waals surface area contributed by atoms with E-state index in [9.17, 15) is 23.1 Å². The van der Waals surface area contributed by atoms with Crippen molar-refractivity contribution in [3.8, 4) is 0 Å². The fourth-order valence-corrected chi connectivity index (χ4v) is 3.26. The van der Waals surface area contributed by atoms with Crippen molar-refractivity contribution >= 4 is 11.8 Å². The molecule has 0 saturated heterocycles. The van der Waals surface area contributed by atoms with Gasteiger partial charge in [-0.3, -0.25) is 4.79 Å². The third-order valence-corrected chi connectivity index (χ3v) is 4.34. The van der Waals surface area contributed by atoms with Gasteiger partial charge in [-0.05, 0) is 53.9 Å². The molecule has 1 heterocycles. The molecule has 1 atom stereocenters. The van der Waals surface area contributed by atoms with Crippen molar-refractivity contribution in [3.63, 3.8) is 0 Å². The lowest BCUT2D eigenvalue weighted by molar-refractivity contribution is -0.0328. The highest BCUT2D eigenvalue weighted by Gasteiger charge is 2.30. The number of hydrogen-bond donors (Lipinski definition) is 2. The summed E-state index contributed by atoms with van der Waals surface area (Å²) >= 11 is -0.203. The van der Waals surface area contributed by atoms with Gasteiger partial charge in [0.2, 0.25) is 5.56 Å². The fourth-order valence-electron chi connectivity index (χ4n) is 2.67. The van der Waals surface area contributed by atoms with E-state index >= 15 is 0 Å². The number of aliphatic hydroxyl groups excluding tert-OH is 1. The highest BCUT2D eigenvalue weighted by atomic mass is 32.2. The largest absolute Gasteiger partial charge is 0.446 e. The number of pyridine rings is 1. The number of thioether (sulfide) groups is 1. The molecular formula is C15H12F3NO2S. The molecule has 0 fully saturated rings. The summed E-state index contributed by atoms with van der Waals surface area (Å²) in [6.07, 6.45) is 0.0375. The summed E-state index contributed by atoms with van der Waals surface area (Å²) in [6.45, 7) is 0. The predicted octanol–water partition coefficient (Wildman–Crippen LogP) is 3.17. The third kappa shape index (κ3) is 3.05. The molecule has 0 amide bonds. The molecule has 1 aromatic heterocycles. The van der Waals surface area contributed by atoms with Crippen LogP contribution in [0.1, 0.15) is 28.5 Å². The van der Waals surface area contributed by atoms with E-state index in [0.717, 1.165) is 5.56 Å². The minimum atomic E-state index is -4.37. The summed E-state index contributed by atoms with van der Waals surface area (Å²) in [5.74, 6) is 0. The number of nitrogens with one attached hydrogen (secondary N) is 1. The number of aromatic nitrogens is 1. The lowest BCUT2D eigenvalue weighted by Gasteiger charge is -2.15. The second-order valence-electron chi connectivity index (χ2n) is 5.07. The fraction of sp³-hybridized carbons (Fsp3) is 0.267. The zero-order valence-electron chi connectivity index (χ0n) is 11.3. The summed E-state index contributed by atoms with van der Waals surface area (Å²) in [5.41, 5.74) is -2.22. The van der Waals surface area contributed by atoms with Gasteiger partial charge < -0.3 is 10.1 Å². The van der Waals surface area contributed by atoms with Crippen molar-refractivity contribution in [1.29, 1.82) is 0 Å². The smallest absolute Gasteiger partial charge is 0.384 e. The molecule has 1 aliphatic rings. The van der Waals surface area contributed by atoms with Gasteiger partial charge in [-0.2, -0.15) is 13.2 Å². The first kappa shape index (κ1) is 15.2. The lowest BCUT2D eigenvalue weighted by atomic mass is 9.99. The van der Waals surface area contributed by atoms with Crippen molar-refractivity contribution in [2.75, 3.05) is 0 Å². The number of aliphatic hydroxyl groups is 1. The molecule has 1 unspecified atom stereocenters. The van der Waals surface area contributed by atoms with Crippen LogP contribution in [0.25, 0.3) is 0 Å². The Morgan fingerprint density at radius 1 is 1.14 bits per heavy atom. The van der Waals surface area contributed by atoms with Crippen molar-refractivity contribution in [1.82, 2.24) is 4.98 Å². The molecule has 2 aromatic rings. The third-order valence-electron chi connectivity index (χ3n) is 3.62. The highest BCUT2D eigenvalue weighted by molar-refractivity contribution is 8.00. The van der Waals surface area contributed by atoms with E-state index in [1.54, 1.807) is 6.07 Å². The van der Waals surface area contributed by atoms with Crippen LogP contribution >= 0.6 is 11.8 Å². The van der Waals surface area contributed by atoms with E-state index in [0.29, 0.717) is 29.7 Å². The average molecular weight is 327 g/mol. The number of halogens is 3. The highest BCUT2D eigenvalue weighted by Crippen LogP contribution is 2.40. The number of rotatable bonds is 1. The van der Waals surface area contributed by atoms with Gasteiger partial charge in [-0.15, -0.1) is 0 Å². The number of H-pyrrole nitrogens is 1. The van der Waals surface area contributed by atoms with E-state index in [2.05, 4.69) is 4.98 Å². The van der Waals surface area contributed by atoms with Crippen LogP contribution < -0.4 is 5.56 Å². The van der Waals surface area contributed by atoms with E-state index in [-0.39, 0.29) is 22.2 Å². The molecule has 0 bridgehead atoms. The van der Waals surface area contributed by atoms with Gasteiger partial charge in [0.15, 0.2) is 0 Å². The van der Waals surface area contributed by atoms with Crippen molar-refractivity contribution < 1.29 is 18.3 Å². The summed E-state index contributed by atoms with van der Waals surface area (Å²) in [4.78, 5) is 14.1. The number of hydrogen-bond acceptors (Lipinski definition) is 3. The lowest BCUT2D eigenvalue weighted by Crippen LogP contribution is -2.12. The topological polar surface area (TPSA) is 53.1 Å². The van der Waals surface area contributed by atoms with Gasteiger partial charge in [0, 0.05) is 22.2 Å². The maximum atomic E-state index is 12.5. The van der Waals surface area contributed by atoms with Crippen LogP contribution in [-0.2, 0) is 12.8 Å². The number of alkyl halides is 3. The summed E-state index contributed by atoms with van der Waals surface area (Å²) < 4.78 is 37.5. The van der Waals surface area contributed by atoms with Crippen molar-refractivity contribution in [3.05, 3.63) is 63.1 Å². The van der Waals surface area contributed by atoms with E-state index in [1.165, 1.54) is 24.3 Å². The van der Waals surface area contributed by atoms with Crippen LogP contribution in [0.4, 0.5) is 13.2 Å². The van der Waals surface area contributed by atoms with Crippen molar-refractivity contribution in [2.24, 2.45) is 0 Å². The molecule has 1 aliphatic carbocycles. The molecule has 3 nitrogen and oxygen atoms in total. The number of benzene rings is 1. The molecular weight excluding hydrogens is 315 g/mol. The summed E-state index contributed by atoms with van der Waals surface area (Å²) in [7, 11) is 0. The van der Waals surface area contributed by atoms with E-state index in [1.807, 2.05) is 0 Å². The summed E-state index contributed by atoms with van der Waals surface area (Å²) in [5, 5.41) is 10.5. The monoisotopic (exact) mass is 327 g/mol. The second-order valence-corrected chi connectivity index (χ2v) is 6.21. The Kier molecular flexibility index (Phi) is 3.78. The Labute approximate surface area is 128 Å². The minimum Gasteiger partial charge on any atom is -0.384 e. The van der Waals surface area contributed by atoms with Crippen LogP contribution in [0.5, 0.6) is 0 Å². The number of aryl methyl sites for hydroxylation is 2. The van der Waals surface area contributed by atoms with E-state index < -0.39 is 11.6 Å². The van der Waals surface area contributed by atoms with Crippen molar-refractivity contribution in [2.45, 2.75) is 29.3 Å². The van der Waals surface area contributed by atoms with Gasteiger partial charge in [-0.1, -0.05) is 6.07 Å². The van der Waals surface area contributed by atoms with Crippen LogP contribution in [0, 0.1) is 0 Å². The first-order chi connectivity index (χ1) is 10.3. The maximum absolute atomic E-state index is 12.5. The predicted molar refractivity (Wildman–Crippen MR) is 76.9 cm³/mol. The van der Waals surface area contributed by atoms with Gasteiger partial charge in [0.1, 0.15) is 6.10 Å². The minimum absolute atomic E-state index is 0.0400. The summed E-state index contributed by atoms with van der Waals surface area (Å²) in [6, 6.07) is 7.22. The molecule has 3 rings (SSSR count). The first-order valence-corrected chi connectivity index (χ1v) is 7.44. The first-order valence-electron chi connectivity index (χ1n) is 6.62. The molecule has 22 heavy (non-hydrogen) atoms. The zero-order valence-corrected chi connectivity index (χ0v) is 12.1. The van der Waals surface area contributed by atoms with Gasteiger partial charge in [0.05, 0.1) is 0 Å². The van der Waals surface area contributed by atoms with Crippen LogP contribution in [0.15, 0.2) is 40.0 Å². The number of aromatic amines is 1. The molecule has 0 saturated carbocycles. The average Bonchev–Trinajstić information content (AvgIpc) is 2.55. The molecule has 0 aliphatic heterocycles. The molecule has 116 valence electrons. The Morgan fingerprint density at radius 2 is 1.91 bits per heavy atom. The Hall–Kier alpha value is -1.73. The quantitative estimate of drug-likeness (QED) is 0.791. The van der Waals surface area contributed by atoms with Crippen LogP contribution in [0.3, 0.4) is 0 Å². The van der Waals surface area contributed by atoms with Crippen LogP contribution in [-0.4, -0.2) is 15.6 Å². The van der Waals surface area contributed by atoms with Gasteiger partial charge in [-0.25, -0.2) is 0 Å². The van der Waals surface area contributed by atoms with Gasteiger partial charge in [0.25, 0.3) is 0 Å². The second kappa shape index (κ2) is 5.48.